The van der Waals surface area contributed by atoms with Crippen LogP contribution in [-0.2, 0) is 11.2 Å². The lowest BCUT2D eigenvalue weighted by Gasteiger charge is -2.32. The Morgan fingerprint density at radius 1 is 1.20 bits per heavy atom. The van der Waals surface area contributed by atoms with E-state index in [0.717, 1.165) is 48.4 Å². The van der Waals surface area contributed by atoms with Gasteiger partial charge in [0.2, 0.25) is 5.91 Å². The normalized spacial score (nSPS) is 17.8. The number of carbonyl (C=O) groups excluding carboxylic acids is 1. The van der Waals surface area contributed by atoms with Crippen LogP contribution in [0.1, 0.15) is 35.7 Å². The van der Waals surface area contributed by atoms with Crippen LogP contribution in [0.2, 0.25) is 0 Å². The van der Waals surface area contributed by atoms with Crippen LogP contribution in [-0.4, -0.2) is 33.9 Å². The molecule has 1 N–H and O–H groups in total. The zero-order valence-corrected chi connectivity index (χ0v) is 14.5. The average molecular weight is 333 g/mol. The molecule has 0 radical (unpaired) electrons. The van der Waals surface area contributed by atoms with Crippen LogP contribution in [0.3, 0.4) is 0 Å². The quantitative estimate of drug-likeness (QED) is 0.792. The number of aromatic amines is 1. The van der Waals surface area contributed by atoms with Crippen molar-refractivity contribution in [1.29, 1.82) is 0 Å². The lowest BCUT2D eigenvalue weighted by molar-refractivity contribution is -0.131. The molecule has 0 spiro atoms. The number of imidazole rings is 1. The number of nitrogens with one attached hydrogen (secondary N) is 1. The van der Waals surface area contributed by atoms with Crippen molar-refractivity contribution < 1.29 is 4.79 Å². The Morgan fingerprint density at radius 3 is 2.80 bits per heavy atom. The summed E-state index contributed by atoms with van der Waals surface area (Å²) in [5.74, 6) is 1.52. The van der Waals surface area contributed by atoms with E-state index in [0.29, 0.717) is 12.3 Å². The van der Waals surface area contributed by atoms with Crippen LogP contribution >= 0.6 is 0 Å². The highest BCUT2D eigenvalue weighted by atomic mass is 16.2. The Balaban J connectivity index is 1.46. The number of benzene rings is 2. The van der Waals surface area contributed by atoms with Crippen molar-refractivity contribution in [3.05, 3.63) is 65.5 Å². The van der Waals surface area contributed by atoms with Gasteiger partial charge < -0.3 is 9.88 Å². The molecule has 0 aliphatic carbocycles. The van der Waals surface area contributed by atoms with Crippen molar-refractivity contribution in [2.24, 2.45) is 0 Å². The molecule has 2 aromatic carbocycles. The first-order valence-electron chi connectivity index (χ1n) is 8.97. The van der Waals surface area contributed by atoms with Gasteiger partial charge in [0.1, 0.15) is 5.82 Å². The highest BCUT2D eigenvalue weighted by Crippen LogP contribution is 2.27. The second-order valence-corrected chi connectivity index (χ2v) is 6.98. The molecule has 1 aromatic heterocycles. The van der Waals surface area contributed by atoms with Crippen molar-refractivity contribution in [2.75, 3.05) is 13.1 Å². The predicted molar refractivity (Wildman–Crippen MR) is 99.5 cm³/mol. The van der Waals surface area contributed by atoms with Crippen molar-refractivity contribution in [1.82, 2.24) is 14.9 Å². The Labute approximate surface area is 147 Å². The molecule has 2 heterocycles. The fourth-order valence-corrected chi connectivity index (χ4v) is 3.59. The number of carbonyl (C=O) groups is 1. The largest absolute Gasteiger partial charge is 0.342 e. The molecule has 1 saturated heterocycles. The average Bonchev–Trinajstić information content (AvgIpc) is 3.08. The molecule has 3 aromatic rings. The molecule has 1 amide bonds. The maximum absolute atomic E-state index is 12.7. The molecule has 1 unspecified atom stereocenters. The maximum Gasteiger partial charge on any atom is 0.227 e. The van der Waals surface area contributed by atoms with Gasteiger partial charge in [0.15, 0.2) is 0 Å². The third kappa shape index (κ3) is 3.43. The number of hydrogen-bond acceptors (Lipinski definition) is 2. The lowest BCUT2D eigenvalue weighted by Crippen LogP contribution is -2.40. The number of aromatic nitrogens is 2. The standard InChI is InChI=1S/C21H23N3O/c1-15-8-10-16(11-9-15)13-20(25)24-12-4-5-17(14-24)21-22-18-6-2-3-7-19(18)23-21/h2-3,6-11,17H,4-5,12-14H2,1H3,(H,22,23). The van der Waals surface area contributed by atoms with Crippen LogP contribution < -0.4 is 0 Å². The van der Waals surface area contributed by atoms with E-state index in [9.17, 15) is 4.79 Å². The minimum atomic E-state index is 0.213. The van der Waals surface area contributed by atoms with Gasteiger partial charge in [0.25, 0.3) is 0 Å². The second kappa shape index (κ2) is 6.71. The topological polar surface area (TPSA) is 49.0 Å². The summed E-state index contributed by atoms with van der Waals surface area (Å²) in [6.07, 6.45) is 2.59. The van der Waals surface area contributed by atoms with Gasteiger partial charge in [-0.15, -0.1) is 0 Å². The van der Waals surface area contributed by atoms with Crippen LogP contribution in [0.5, 0.6) is 0 Å². The second-order valence-electron chi connectivity index (χ2n) is 6.98. The molecule has 1 fully saturated rings. The molecule has 1 aliphatic heterocycles. The van der Waals surface area contributed by atoms with Crippen LogP contribution in [0.15, 0.2) is 48.5 Å². The zero-order chi connectivity index (χ0) is 17.2. The van der Waals surface area contributed by atoms with E-state index < -0.39 is 0 Å². The van der Waals surface area contributed by atoms with Crippen LogP contribution in [0.25, 0.3) is 11.0 Å². The molecule has 4 rings (SSSR count). The number of likely N-dealkylation sites (tertiary alicyclic amines) is 1. The summed E-state index contributed by atoms with van der Waals surface area (Å²) in [7, 11) is 0. The number of para-hydroxylation sites is 2. The van der Waals surface area contributed by atoms with Gasteiger partial charge in [-0.2, -0.15) is 0 Å². The Bertz CT molecular complexity index is 849. The Hall–Kier alpha value is -2.62. The van der Waals surface area contributed by atoms with E-state index in [-0.39, 0.29) is 5.91 Å². The molecule has 1 aliphatic rings. The molecule has 4 nitrogen and oxygen atoms in total. The summed E-state index contributed by atoms with van der Waals surface area (Å²) in [5.41, 5.74) is 4.38. The van der Waals surface area contributed by atoms with E-state index in [1.807, 2.05) is 35.2 Å². The van der Waals surface area contributed by atoms with E-state index in [1.165, 1.54) is 5.56 Å². The molecular weight excluding hydrogens is 310 g/mol. The van der Waals surface area contributed by atoms with Gasteiger partial charge in [-0.05, 0) is 37.5 Å². The molecule has 1 atom stereocenters. The van der Waals surface area contributed by atoms with Gasteiger partial charge >= 0.3 is 0 Å². The van der Waals surface area contributed by atoms with Crippen molar-refractivity contribution in [3.63, 3.8) is 0 Å². The number of nitrogens with zero attached hydrogens (tertiary/aromatic N) is 2. The third-order valence-corrected chi connectivity index (χ3v) is 5.04. The Morgan fingerprint density at radius 2 is 2.00 bits per heavy atom. The molecule has 4 heteroatoms. The minimum absolute atomic E-state index is 0.213. The summed E-state index contributed by atoms with van der Waals surface area (Å²) in [5, 5.41) is 0. The van der Waals surface area contributed by atoms with Crippen molar-refractivity contribution >= 4 is 16.9 Å². The number of hydrogen-bond donors (Lipinski definition) is 1. The smallest absolute Gasteiger partial charge is 0.227 e. The summed E-state index contributed by atoms with van der Waals surface area (Å²) in [6, 6.07) is 16.3. The molecule has 0 bridgehead atoms. The number of rotatable bonds is 3. The van der Waals surface area contributed by atoms with Crippen molar-refractivity contribution in [2.45, 2.75) is 32.1 Å². The molecule has 25 heavy (non-hydrogen) atoms. The van der Waals surface area contributed by atoms with Gasteiger partial charge in [-0.1, -0.05) is 42.0 Å². The fourth-order valence-electron chi connectivity index (χ4n) is 3.59. The predicted octanol–water partition coefficient (Wildman–Crippen LogP) is 3.82. The molecular formula is C21H23N3O. The van der Waals surface area contributed by atoms with E-state index >= 15 is 0 Å². The van der Waals surface area contributed by atoms with Gasteiger partial charge in [0.05, 0.1) is 17.5 Å². The number of H-pyrrole nitrogens is 1. The summed E-state index contributed by atoms with van der Waals surface area (Å²) >= 11 is 0. The first-order valence-corrected chi connectivity index (χ1v) is 8.97. The highest BCUT2D eigenvalue weighted by Gasteiger charge is 2.26. The Kier molecular flexibility index (Phi) is 4.26. The maximum atomic E-state index is 12.7. The molecule has 0 saturated carbocycles. The number of aryl methyl sites for hydroxylation is 1. The van der Waals surface area contributed by atoms with Gasteiger partial charge in [-0.25, -0.2) is 4.98 Å². The van der Waals surface area contributed by atoms with Crippen LogP contribution in [0, 0.1) is 6.92 Å². The summed E-state index contributed by atoms with van der Waals surface area (Å²) in [6.45, 7) is 3.67. The van der Waals surface area contributed by atoms with Crippen LogP contribution in [0.4, 0.5) is 0 Å². The number of amides is 1. The minimum Gasteiger partial charge on any atom is -0.342 e. The fraction of sp³-hybridized carbons (Fsp3) is 0.333. The first kappa shape index (κ1) is 15.9. The lowest BCUT2D eigenvalue weighted by atomic mass is 9.96. The number of piperidine rings is 1. The van der Waals surface area contributed by atoms with E-state index in [1.54, 1.807) is 0 Å². The summed E-state index contributed by atoms with van der Waals surface area (Å²) < 4.78 is 0. The van der Waals surface area contributed by atoms with E-state index in [2.05, 4.69) is 30.1 Å². The van der Waals surface area contributed by atoms with Gasteiger partial charge in [-0.3, -0.25) is 4.79 Å². The van der Waals surface area contributed by atoms with Crippen molar-refractivity contribution in [3.8, 4) is 0 Å². The summed E-state index contributed by atoms with van der Waals surface area (Å²) in [4.78, 5) is 22.9. The first-order chi connectivity index (χ1) is 12.2. The highest BCUT2D eigenvalue weighted by molar-refractivity contribution is 5.79. The molecule has 128 valence electrons. The monoisotopic (exact) mass is 333 g/mol. The number of fused-ring (bicyclic) bond motifs is 1. The van der Waals surface area contributed by atoms with E-state index in [4.69, 9.17) is 4.98 Å². The van der Waals surface area contributed by atoms with Gasteiger partial charge in [0, 0.05) is 19.0 Å². The third-order valence-electron chi connectivity index (χ3n) is 5.04. The SMILES string of the molecule is Cc1ccc(CC(=O)N2CCCC(c3nc4ccccc4[nH]3)C2)cc1. The zero-order valence-electron chi connectivity index (χ0n) is 14.5.